The summed E-state index contributed by atoms with van der Waals surface area (Å²) in [5.74, 6) is 5.22. The summed E-state index contributed by atoms with van der Waals surface area (Å²) in [7, 11) is 0. The number of para-hydroxylation sites is 1. The van der Waals surface area contributed by atoms with Gasteiger partial charge in [0, 0.05) is 12.1 Å². The van der Waals surface area contributed by atoms with E-state index in [0.29, 0.717) is 0 Å². The topological polar surface area (TPSA) is 110 Å². The third-order valence-electron chi connectivity index (χ3n) is 3.19. The molecule has 1 rings (SSSR count). The van der Waals surface area contributed by atoms with Crippen molar-refractivity contribution in [3.8, 4) is 0 Å². The van der Waals surface area contributed by atoms with Gasteiger partial charge >= 0.3 is 0 Å². The first-order chi connectivity index (χ1) is 9.42. The van der Waals surface area contributed by atoms with Crippen LogP contribution >= 0.6 is 0 Å². The first-order valence-electron chi connectivity index (χ1n) is 6.47. The second-order valence-corrected chi connectivity index (χ2v) is 4.83. The van der Waals surface area contributed by atoms with Crippen LogP contribution in [0.25, 0.3) is 0 Å². The van der Waals surface area contributed by atoms with E-state index in [2.05, 4.69) is 10.7 Å². The molecule has 0 radical (unpaired) electrons. The molecule has 20 heavy (non-hydrogen) atoms. The third kappa shape index (κ3) is 3.45. The standard InChI is InChI=1S/C13H20N4O3/c1-4-10(8(2)3)15-13(18)9-6-5-7-11(17(19)20)12(9)16-14/h5-8,10,16H,4,14H2,1-3H3,(H,15,18). The summed E-state index contributed by atoms with van der Waals surface area (Å²) in [5.41, 5.74) is 2.21. The normalized spacial score (nSPS) is 12.1. The van der Waals surface area contributed by atoms with Crippen LogP contribution in [-0.2, 0) is 0 Å². The molecule has 0 saturated carbocycles. The van der Waals surface area contributed by atoms with Gasteiger partial charge in [-0.15, -0.1) is 0 Å². The van der Waals surface area contributed by atoms with Crippen LogP contribution < -0.4 is 16.6 Å². The maximum Gasteiger partial charge on any atom is 0.294 e. The predicted molar refractivity (Wildman–Crippen MR) is 77.3 cm³/mol. The van der Waals surface area contributed by atoms with E-state index in [1.807, 2.05) is 20.8 Å². The van der Waals surface area contributed by atoms with Gasteiger partial charge in [0.15, 0.2) is 0 Å². The molecule has 0 spiro atoms. The summed E-state index contributed by atoms with van der Waals surface area (Å²) in [6.45, 7) is 5.98. The summed E-state index contributed by atoms with van der Waals surface area (Å²) in [6, 6.07) is 4.27. The highest BCUT2D eigenvalue weighted by atomic mass is 16.6. The number of nitrogens with one attached hydrogen (secondary N) is 2. The van der Waals surface area contributed by atoms with E-state index in [1.54, 1.807) is 0 Å². The minimum absolute atomic E-state index is 0.00684. The third-order valence-corrected chi connectivity index (χ3v) is 3.19. The summed E-state index contributed by atoms with van der Waals surface area (Å²) < 4.78 is 0. The Labute approximate surface area is 117 Å². The van der Waals surface area contributed by atoms with Crippen LogP contribution in [0.15, 0.2) is 18.2 Å². The minimum Gasteiger partial charge on any atom is -0.349 e. The van der Waals surface area contributed by atoms with Gasteiger partial charge in [0.2, 0.25) is 0 Å². The van der Waals surface area contributed by atoms with Crippen molar-refractivity contribution in [3.63, 3.8) is 0 Å². The zero-order valence-electron chi connectivity index (χ0n) is 11.8. The molecule has 0 bridgehead atoms. The van der Waals surface area contributed by atoms with E-state index in [1.165, 1.54) is 18.2 Å². The molecule has 7 heteroatoms. The van der Waals surface area contributed by atoms with Crippen molar-refractivity contribution in [1.82, 2.24) is 5.32 Å². The van der Waals surface area contributed by atoms with Crippen LogP contribution in [0.5, 0.6) is 0 Å². The monoisotopic (exact) mass is 280 g/mol. The summed E-state index contributed by atoms with van der Waals surface area (Å²) in [5, 5.41) is 13.8. The molecule has 7 nitrogen and oxygen atoms in total. The van der Waals surface area contributed by atoms with Crippen LogP contribution in [0.1, 0.15) is 37.6 Å². The van der Waals surface area contributed by atoms with Gasteiger partial charge in [-0.25, -0.2) is 0 Å². The van der Waals surface area contributed by atoms with Gasteiger partial charge in [0.25, 0.3) is 11.6 Å². The minimum atomic E-state index is -0.578. The first kappa shape index (κ1) is 15.9. The van der Waals surface area contributed by atoms with Crippen molar-refractivity contribution in [3.05, 3.63) is 33.9 Å². The molecular weight excluding hydrogens is 260 g/mol. The second kappa shape index (κ2) is 6.85. The molecule has 110 valence electrons. The highest BCUT2D eigenvalue weighted by Crippen LogP contribution is 2.27. The molecule has 0 aromatic heterocycles. The van der Waals surface area contributed by atoms with Crippen LogP contribution in [0, 0.1) is 16.0 Å². The zero-order valence-corrected chi connectivity index (χ0v) is 11.8. The average molecular weight is 280 g/mol. The SMILES string of the molecule is CCC(NC(=O)c1cccc([N+](=O)[O-])c1NN)C(C)C. The Kier molecular flexibility index (Phi) is 5.45. The Morgan fingerprint density at radius 2 is 2.10 bits per heavy atom. The van der Waals surface area contributed by atoms with Crippen LogP contribution in [-0.4, -0.2) is 16.9 Å². The lowest BCUT2D eigenvalue weighted by Gasteiger charge is -2.21. The van der Waals surface area contributed by atoms with E-state index < -0.39 is 4.92 Å². The van der Waals surface area contributed by atoms with Crippen molar-refractivity contribution >= 4 is 17.3 Å². The van der Waals surface area contributed by atoms with Gasteiger partial charge < -0.3 is 10.7 Å². The van der Waals surface area contributed by atoms with Crippen molar-refractivity contribution in [1.29, 1.82) is 0 Å². The number of nitrogen functional groups attached to an aromatic ring is 1. The van der Waals surface area contributed by atoms with Crippen molar-refractivity contribution in [2.24, 2.45) is 11.8 Å². The molecule has 1 aromatic rings. The fraction of sp³-hybridized carbons (Fsp3) is 0.462. The number of hydrogen-bond acceptors (Lipinski definition) is 5. The number of benzene rings is 1. The smallest absolute Gasteiger partial charge is 0.294 e. The van der Waals surface area contributed by atoms with E-state index in [9.17, 15) is 14.9 Å². The van der Waals surface area contributed by atoms with Crippen molar-refractivity contribution in [2.45, 2.75) is 33.2 Å². The number of carbonyl (C=O) groups is 1. The lowest BCUT2D eigenvalue weighted by atomic mass is 10.0. The first-order valence-corrected chi connectivity index (χ1v) is 6.47. The number of nitrogens with two attached hydrogens (primary N) is 1. The molecular formula is C13H20N4O3. The Morgan fingerprint density at radius 1 is 1.45 bits per heavy atom. The zero-order chi connectivity index (χ0) is 15.3. The molecule has 0 heterocycles. The van der Waals surface area contributed by atoms with Crippen molar-refractivity contribution < 1.29 is 9.72 Å². The van der Waals surface area contributed by atoms with Gasteiger partial charge in [-0.2, -0.15) is 0 Å². The average Bonchev–Trinajstić information content (AvgIpc) is 2.42. The number of nitrogens with zero attached hydrogens (tertiary/aromatic N) is 1. The lowest BCUT2D eigenvalue weighted by Crippen LogP contribution is -2.38. The van der Waals surface area contributed by atoms with Crippen molar-refractivity contribution in [2.75, 3.05) is 5.43 Å². The fourth-order valence-electron chi connectivity index (χ4n) is 2.02. The number of hydrazine groups is 1. The van der Waals surface area contributed by atoms with Gasteiger partial charge in [-0.05, 0) is 18.4 Å². The van der Waals surface area contributed by atoms with E-state index in [0.717, 1.165) is 6.42 Å². The molecule has 0 saturated heterocycles. The summed E-state index contributed by atoms with van der Waals surface area (Å²) in [6.07, 6.45) is 0.781. The molecule has 1 atom stereocenters. The second-order valence-electron chi connectivity index (χ2n) is 4.83. The largest absolute Gasteiger partial charge is 0.349 e. The number of anilines is 1. The molecule has 4 N–H and O–H groups in total. The van der Waals surface area contributed by atoms with E-state index in [-0.39, 0.29) is 34.8 Å². The number of nitro benzene ring substituents is 1. The van der Waals surface area contributed by atoms with Gasteiger partial charge in [0.05, 0.1) is 10.5 Å². The quantitative estimate of drug-likeness (QED) is 0.419. The molecule has 1 unspecified atom stereocenters. The number of nitro groups is 1. The maximum absolute atomic E-state index is 12.2. The maximum atomic E-state index is 12.2. The molecule has 0 aliphatic heterocycles. The summed E-state index contributed by atoms with van der Waals surface area (Å²) in [4.78, 5) is 22.6. The Hall–Kier alpha value is -2.15. The van der Waals surface area contributed by atoms with Crippen LogP contribution in [0.4, 0.5) is 11.4 Å². The van der Waals surface area contributed by atoms with Gasteiger partial charge in [0.1, 0.15) is 5.69 Å². The number of rotatable bonds is 6. The molecule has 0 aliphatic rings. The number of carbonyl (C=O) groups excluding carboxylic acids is 1. The van der Waals surface area contributed by atoms with Crippen LogP contribution in [0.2, 0.25) is 0 Å². The lowest BCUT2D eigenvalue weighted by molar-refractivity contribution is -0.384. The Bertz CT molecular complexity index is 502. The summed E-state index contributed by atoms with van der Waals surface area (Å²) >= 11 is 0. The number of amides is 1. The van der Waals surface area contributed by atoms with Crippen LogP contribution in [0.3, 0.4) is 0 Å². The molecule has 0 fully saturated rings. The molecule has 1 aromatic carbocycles. The Balaban J connectivity index is 3.10. The van der Waals surface area contributed by atoms with E-state index in [4.69, 9.17) is 5.84 Å². The Morgan fingerprint density at radius 3 is 2.55 bits per heavy atom. The van der Waals surface area contributed by atoms with Gasteiger partial charge in [-0.1, -0.05) is 26.8 Å². The predicted octanol–water partition coefficient (Wildman–Crippen LogP) is 2.04. The van der Waals surface area contributed by atoms with Gasteiger partial charge in [-0.3, -0.25) is 20.8 Å². The molecule has 0 aliphatic carbocycles. The molecule has 1 amide bonds. The number of hydrogen-bond donors (Lipinski definition) is 3. The highest BCUT2D eigenvalue weighted by molar-refractivity contribution is 6.01. The highest BCUT2D eigenvalue weighted by Gasteiger charge is 2.23. The van der Waals surface area contributed by atoms with E-state index >= 15 is 0 Å². The fourth-order valence-corrected chi connectivity index (χ4v) is 2.02.